The van der Waals surface area contributed by atoms with Gasteiger partial charge in [0, 0.05) is 6.54 Å². The van der Waals surface area contributed by atoms with Crippen LogP contribution in [0.25, 0.3) is 0 Å². The lowest BCUT2D eigenvalue weighted by molar-refractivity contribution is 0.529. The van der Waals surface area contributed by atoms with Gasteiger partial charge in [0.05, 0.1) is 6.26 Å². The van der Waals surface area contributed by atoms with Crippen molar-refractivity contribution in [2.24, 2.45) is 15.7 Å². The van der Waals surface area contributed by atoms with Crippen molar-refractivity contribution in [2.75, 3.05) is 6.54 Å². The van der Waals surface area contributed by atoms with Gasteiger partial charge in [0.2, 0.25) is 0 Å². The highest BCUT2D eigenvalue weighted by atomic mass is 16.3. The van der Waals surface area contributed by atoms with E-state index in [2.05, 4.69) is 20.6 Å². The fraction of sp³-hybridized carbons (Fsp3) is 0.455. The molecule has 17 heavy (non-hydrogen) atoms. The molecule has 2 heterocycles. The van der Waals surface area contributed by atoms with Gasteiger partial charge in [-0.2, -0.15) is 0 Å². The molecule has 4 N–H and O–H groups in total. The normalized spacial score (nSPS) is 21.9. The molecule has 0 spiro atoms. The van der Waals surface area contributed by atoms with E-state index in [1.54, 1.807) is 6.26 Å². The third-order valence-corrected chi connectivity index (χ3v) is 2.54. The van der Waals surface area contributed by atoms with E-state index < -0.39 is 0 Å². The number of guanidine groups is 2. The summed E-state index contributed by atoms with van der Waals surface area (Å²) in [5.74, 6) is 2.02. The molecule has 0 fully saturated rings. The highest BCUT2D eigenvalue weighted by Crippen LogP contribution is 2.09. The van der Waals surface area contributed by atoms with Crippen LogP contribution in [0.4, 0.5) is 0 Å². The minimum absolute atomic E-state index is 0.0364. The molecular formula is C11H17N5O. The summed E-state index contributed by atoms with van der Waals surface area (Å²) in [6.07, 6.45) is 2.51. The smallest absolute Gasteiger partial charge is 0.199 e. The predicted molar refractivity (Wildman–Crippen MR) is 66.8 cm³/mol. The zero-order valence-electron chi connectivity index (χ0n) is 10.0. The van der Waals surface area contributed by atoms with Crippen LogP contribution in [0.5, 0.6) is 0 Å². The summed E-state index contributed by atoms with van der Waals surface area (Å²) in [6, 6.07) is 1.97. The lowest BCUT2D eigenvalue weighted by Gasteiger charge is -2.20. The van der Waals surface area contributed by atoms with Crippen molar-refractivity contribution < 1.29 is 4.42 Å². The van der Waals surface area contributed by atoms with E-state index >= 15 is 0 Å². The maximum absolute atomic E-state index is 5.61. The monoisotopic (exact) mass is 235 g/mol. The van der Waals surface area contributed by atoms with Gasteiger partial charge in [-0.25, -0.2) is 4.99 Å². The predicted octanol–water partition coefficient (Wildman–Crippen LogP) is 0.340. The molecule has 1 unspecified atom stereocenters. The van der Waals surface area contributed by atoms with E-state index in [1.165, 1.54) is 5.56 Å². The number of aliphatic imine (C=N–C) groups is 2. The molecule has 0 aromatic carbocycles. The van der Waals surface area contributed by atoms with E-state index in [4.69, 9.17) is 10.2 Å². The molecule has 6 nitrogen and oxygen atoms in total. The summed E-state index contributed by atoms with van der Waals surface area (Å²) >= 11 is 0. The molecule has 1 aliphatic rings. The van der Waals surface area contributed by atoms with Gasteiger partial charge < -0.3 is 15.5 Å². The first-order valence-electron chi connectivity index (χ1n) is 5.59. The lowest BCUT2D eigenvalue weighted by atomic mass is 10.2. The minimum atomic E-state index is -0.0364. The quantitative estimate of drug-likeness (QED) is 0.705. The summed E-state index contributed by atoms with van der Waals surface area (Å²) in [5, 5.41) is 5.97. The van der Waals surface area contributed by atoms with E-state index in [0.29, 0.717) is 18.5 Å². The summed E-state index contributed by atoms with van der Waals surface area (Å²) < 4.78 is 5.22. The standard InChI is InChI=1S/C11H17N5O/c1-7-9(4-6-17-7)3-5-13-11-15-8(2)14-10(12)16-11/h4,6,8H,3,5H2,1-2H3,(H4,12,13,14,15,16). The Labute approximate surface area is 100 Å². The first-order chi connectivity index (χ1) is 8.15. The maximum atomic E-state index is 5.61. The van der Waals surface area contributed by atoms with Gasteiger partial charge in [-0.3, -0.25) is 10.3 Å². The van der Waals surface area contributed by atoms with Crippen LogP contribution in [-0.2, 0) is 6.42 Å². The van der Waals surface area contributed by atoms with Crippen molar-refractivity contribution in [3.8, 4) is 0 Å². The summed E-state index contributed by atoms with van der Waals surface area (Å²) in [5.41, 5.74) is 6.79. The Kier molecular flexibility index (Phi) is 3.32. The Morgan fingerprint density at radius 3 is 3.06 bits per heavy atom. The second kappa shape index (κ2) is 4.90. The SMILES string of the molecule is Cc1occc1CCN=C1NC(N)=NC(C)N1. The molecule has 1 aromatic heterocycles. The van der Waals surface area contributed by atoms with Crippen molar-refractivity contribution in [2.45, 2.75) is 26.4 Å². The molecule has 0 amide bonds. The second-order valence-electron chi connectivity index (χ2n) is 3.94. The van der Waals surface area contributed by atoms with Gasteiger partial charge >= 0.3 is 0 Å². The van der Waals surface area contributed by atoms with Gasteiger partial charge in [0.15, 0.2) is 11.9 Å². The summed E-state index contributed by atoms with van der Waals surface area (Å²) in [7, 11) is 0. The Hall–Kier alpha value is -1.98. The van der Waals surface area contributed by atoms with Gasteiger partial charge in [-0.1, -0.05) is 0 Å². The Balaban J connectivity index is 1.89. The Bertz CT molecular complexity index is 448. The number of rotatable bonds is 3. The molecular weight excluding hydrogens is 218 g/mol. The van der Waals surface area contributed by atoms with Gasteiger partial charge in [0.25, 0.3) is 0 Å². The molecule has 0 radical (unpaired) electrons. The first-order valence-corrected chi connectivity index (χ1v) is 5.59. The molecule has 0 aliphatic carbocycles. The van der Waals surface area contributed by atoms with Crippen LogP contribution in [0.3, 0.4) is 0 Å². The van der Waals surface area contributed by atoms with Crippen LogP contribution in [0.15, 0.2) is 26.7 Å². The molecule has 0 saturated heterocycles. The number of nitrogens with zero attached hydrogens (tertiary/aromatic N) is 2. The van der Waals surface area contributed by atoms with E-state index in [-0.39, 0.29) is 6.17 Å². The Morgan fingerprint density at radius 1 is 1.59 bits per heavy atom. The van der Waals surface area contributed by atoms with Crippen molar-refractivity contribution >= 4 is 11.9 Å². The average Bonchev–Trinajstić information content (AvgIpc) is 2.63. The highest BCUT2D eigenvalue weighted by Gasteiger charge is 2.11. The van der Waals surface area contributed by atoms with E-state index in [0.717, 1.165) is 12.2 Å². The molecule has 2 rings (SSSR count). The maximum Gasteiger partial charge on any atom is 0.199 e. The van der Waals surface area contributed by atoms with Crippen LogP contribution < -0.4 is 16.4 Å². The third-order valence-electron chi connectivity index (χ3n) is 2.54. The van der Waals surface area contributed by atoms with Crippen molar-refractivity contribution in [1.82, 2.24) is 10.6 Å². The number of hydrogen-bond acceptors (Lipinski definition) is 4. The average molecular weight is 235 g/mol. The molecule has 6 heteroatoms. The first kappa shape index (κ1) is 11.5. The zero-order chi connectivity index (χ0) is 12.3. The van der Waals surface area contributed by atoms with Gasteiger partial charge in [-0.15, -0.1) is 0 Å². The summed E-state index contributed by atoms with van der Waals surface area (Å²) in [6.45, 7) is 4.55. The molecule has 0 saturated carbocycles. The second-order valence-corrected chi connectivity index (χ2v) is 3.94. The van der Waals surface area contributed by atoms with Crippen LogP contribution in [-0.4, -0.2) is 24.6 Å². The molecule has 1 aromatic rings. The fourth-order valence-electron chi connectivity index (χ4n) is 1.67. The Morgan fingerprint density at radius 2 is 2.41 bits per heavy atom. The van der Waals surface area contributed by atoms with Crippen molar-refractivity contribution in [3.05, 3.63) is 23.7 Å². The van der Waals surface area contributed by atoms with Crippen molar-refractivity contribution in [1.29, 1.82) is 0 Å². The summed E-state index contributed by atoms with van der Waals surface area (Å²) in [4.78, 5) is 8.47. The minimum Gasteiger partial charge on any atom is -0.469 e. The third kappa shape index (κ3) is 2.99. The van der Waals surface area contributed by atoms with Crippen LogP contribution in [0.1, 0.15) is 18.2 Å². The number of hydrogen-bond donors (Lipinski definition) is 3. The fourth-order valence-corrected chi connectivity index (χ4v) is 1.67. The molecule has 1 aliphatic heterocycles. The van der Waals surface area contributed by atoms with Gasteiger partial charge in [0.1, 0.15) is 11.9 Å². The highest BCUT2D eigenvalue weighted by molar-refractivity contribution is 5.99. The molecule has 92 valence electrons. The van der Waals surface area contributed by atoms with E-state index in [9.17, 15) is 0 Å². The number of nitrogens with one attached hydrogen (secondary N) is 2. The largest absolute Gasteiger partial charge is 0.469 e. The zero-order valence-corrected chi connectivity index (χ0v) is 10.0. The van der Waals surface area contributed by atoms with Gasteiger partial charge in [-0.05, 0) is 31.9 Å². The molecule has 1 atom stereocenters. The van der Waals surface area contributed by atoms with Crippen LogP contribution in [0.2, 0.25) is 0 Å². The van der Waals surface area contributed by atoms with Crippen LogP contribution in [0, 0.1) is 6.92 Å². The number of aryl methyl sites for hydroxylation is 1. The topological polar surface area (TPSA) is 87.9 Å². The molecule has 0 bridgehead atoms. The number of nitrogens with two attached hydrogens (primary N) is 1. The lowest BCUT2D eigenvalue weighted by Crippen LogP contribution is -2.52. The van der Waals surface area contributed by atoms with Crippen molar-refractivity contribution in [3.63, 3.8) is 0 Å². The number of furan rings is 1. The van der Waals surface area contributed by atoms with Crippen LogP contribution >= 0.6 is 0 Å². The van der Waals surface area contributed by atoms with E-state index in [1.807, 2.05) is 19.9 Å².